The third kappa shape index (κ3) is 3.82. The van der Waals surface area contributed by atoms with E-state index in [1.54, 1.807) is 12.1 Å². The molecule has 0 fully saturated rings. The summed E-state index contributed by atoms with van der Waals surface area (Å²) >= 11 is 0. The number of unbranched alkanes of at least 4 members (excludes halogenated alkanes) is 1. The van der Waals surface area contributed by atoms with Gasteiger partial charge in [-0.25, -0.2) is 4.98 Å². The molecule has 130 valence electrons. The molecule has 0 aliphatic carbocycles. The van der Waals surface area contributed by atoms with Gasteiger partial charge in [0.15, 0.2) is 5.58 Å². The second-order valence-electron chi connectivity index (χ2n) is 6.06. The zero-order valence-corrected chi connectivity index (χ0v) is 14.5. The molecule has 0 saturated heterocycles. The van der Waals surface area contributed by atoms with E-state index in [-0.39, 0.29) is 11.7 Å². The number of phenols is 1. The number of rotatable bonds is 6. The predicted molar refractivity (Wildman–Crippen MR) is 98.6 cm³/mol. The van der Waals surface area contributed by atoms with Gasteiger partial charge in [0.25, 0.3) is 0 Å². The first-order valence-electron chi connectivity index (χ1n) is 8.63. The van der Waals surface area contributed by atoms with Gasteiger partial charge in [-0.15, -0.1) is 0 Å². The lowest BCUT2D eigenvalue weighted by Crippen LogP contribution is -2.10. The van der Waals surface area contributed by atoms with Gasteiger partial charge in [-0.05, 0) is 48.7 Å². The van der Waals surface area contributed by atoms with E-state index >= 15 is 0 Å². The van der Waals surface area contributed by atoms with Crippen molar-refractivity contribution in [3.63, 3.8) is 0 Å². The number of aromatic hydroxyl groups is 1. The quantitative estimate of drug-likeness (QED) is 0.627. The number of carbonyl (C=O) groups excluding carboxylic acids is 1. The predicted octanol–water partition coefficient (Wildman–Crippen LogP) is 4.89. The lowest BCUT2D eigenvalue weighted by atomic mass is 10.1. The van der Waals surface area contributed by atoms with Gasteiger partial charge in [-0.1, -0.05) is 26.3 Å². The van der Waals surface area contributed by atoms with Crippen molar-refractivity contribution in [2.45, 2.75) is 39.5 Å². The van der Waals surface area contributed by atoms with Gasteiger partial charge < -0.3 is 14.8 Å². The number of nitrogens with one attached hydrogen (secondary N) is 1. The van der Waals surface area contributed by atoms with Crippen molar-refractivity contribution in [2.24, 2.45) is 0 Å². The van der Waals surface area contributed by atoms with Crippen LogP contribution < -0.4 is 5.32 Å². The van der Waals surface area contributed by atoms with E-state index in [2.05, 4.69) is 17.2 Å². The van der Waals surface area contributed by atoms with Crippen molar-refractivity contribution >= 4 is 22.7 Å². The summed E-state index contributed by atoms with van der Waals surface area (Å²) < 4.78 is 5.78. The fourth-order valence-electron chi connectivity index (χ4n) is 2.65. The number of benzene rings is 2. The Morgan fingerprint density at radius 1 is 1.20 bits per heavy atom. The first kappa shape index (κ1) is 17.0. The number of fused-ring (bicyclic) bond motifs is 1. The highest BCUT2D eigenvalue weighted by Gasteiger charge is 2.14. The van der Waals surface area contributed by atoms with E-state index in [4.69, 9.17) is 4.42 Å². The van der Waals surface area contributed by atoms with Crippen LogP contribution in [0.3, 0.4) is 0 Å². The number of aryl methyl sites for hydroxylation is 1. The first-order valence-corrected chi connectivity index (χ1v) is 8.63. The molecule has 0 aliphatic heterocycles. The van der Waals surface area contributed by atoms with Crippen LogP contribution in [-0.2, 0) is 11.2 Å². The number of nitrogens with zero attached hydrogens (tertiary/aromatic N) is 1. The molecular formula is C20H22N2O3. The largest absolute Gasteiger partial charge is 0.507 e. The minimum absolute atomic E-state index is 0.0383. The van der Waals surface area contributed by atoms with Crippen LogP contribution in [0.5, 0.6) is 5.75 Å². The topological polar surface area (TPSA) is 75.4 Å². The summed E-state index contributed by atoms with van der Waals surface area (Å²) in [4.78, 5) is 16.4. The maximum absolute atomic E-state index is 11.9. The van der Waals surface area contributed by atoms with Crippen molar-refractivity contribution in [1.29, 1.82) is 0 Å². The number of phenolic OH excluding ortho intramolecular Hbond substituents is 1. The van der Waals surface area contributed by atoms with Crippen LogP contribution in [0.1, 0.15) is 38.7 Å². The van der Waals surface area contributed by atoms with Crippen LogP contribution >= 0.6 is 0 Å². The molecule has 0 spiro atoms. The smallest absolute Gasteiger partial charge is 0.231 e. The van der Waals surface area contributed by atoms with E-state index in [0.29, 0.717) is 29.1 Å². The second kappa shape index (κ2) is 7.38. The lowest BCUT2D eigenvalue weighted by Gasteiger charge is -2.07. The minimum Gasteiger partial charge on any atom is -0.507 e. The summed E-state index contributed by atoms with van der Waals surface area (Å²) in [6.07, 6.45) is 3.22. The van der Waals surface area contributed by atoms with Crippen LogP contribution in [0.2, 0.25) is 0 Å². The monoisotopic (exact) mass is 338 g/mol. The summed E-state index contributed by atoms with van der Waals surface area (Å²) in [5.74, 6) is 0.364. The Kier molecular flexibility index (Phi) is 5.03. The molecule has 1 aromatic heterocycles. The highest BCUT2D eigenvalue weighted by Crippen LogP contribution is 2.33. The van der Waals surface area contributed by atoms with Crippen LogP contribution in [0, 0.1) is 0 Å². The Morgan fingerprint density at radius 2 is 2.04 bits per heavy atom. The maximum atomic E-state index is 11.9. The zero-order chi connectivity index (χ0) is 17.8. The third-order valence-electron chi connectivity index (χ3n) is 4.13. The van der Waals surface area contributed by atoms with Crippen LogP contribution in [0.4, 0.5) is 5.69 Å². The molecule has 2 aromatic carbocycles. The Morgan fingerprint density at radius 3 is 2.80 bits per heavy atom. The average molecular weight is 338 g/mol. The first-order chi connectivity index (χ1) is 12.1. The van der Waals surface area contributed by atoms with Gasteiger partial charge >= 0.3 is 0 Å². The molecule has 25 heavy (non-hydrogen) atoms. The zero-order valence-electron chi connectivity index (χ0n) is 14.5. The molecule has 5 nitrogen and oxygen atoms in total. The van der Waals surface area contributed by atoms with Crippen molar-refractivity contribution in [1.82, 2.24) is 4.98 Å². The van der Waals surface area contributed by atoms with Crippen molar-refractivity contribution < 1.29 is 14.3 Å². The van der Waals surface area contributed by atoms with E-state index in [0.717, 1.165) is 24.8 Å². The van der Waals surface area contributed by atoms with E-state index in [1.165, 1.54) is 11.6 Å². The van der Waals surface area contributed by atoms with Crippen LogP contribution in [0.25, 0.3) is 22.6 Å². The Bertz CT molecular complexity index is 899. The summed E-state index contributed by atoms with van der Waals surface area (Å²) in [5, 5.41) is 13.0. The van der Waals surface area contributed by atoms with Gasteiger partial charge in [-0.2, -0.15) is 0 Å². The fraction of sp³-hybridized carbons (Fsp3) is 0.300. The second-order valence-corrected chi connectivity index (χ2v) is 6.06. The number of hydrogen-bond donors (Lipinski definition) is 2. The number of aromatic nitrogens is 1. The van der Waals surface area contributed by atoms with Gasteiger partial charge in [0.05, 0.1) is 5.56 Å². The summed E-state index contributed by atoms with van der Waals surface area (Å²) in [5.41, 5.74) is 3.68. The van der Waals surface area contributed by atoms with Gasteiger partial charge in [0, 0.05) is 12.1 Å². The van der Waals surface area contributed by atoms with Crippen molar-refractivity contribution in [3.05, 3.63) is 42.0 Å². The van der Waals surface area contributed by atoms with Crippen LogP contribution in [0.15, 0.2) is 40.8 Å². The molecule has 0 radical (unpaired) electrons. The average Bonchev–Trinajstić information content (AvgIpc) is 3.04. The third-order valence-corrected chi connectivity index (χ3v) is 4.13. The molecule has 3 rings (SSSR count). The number of amides is 1. The molecule has 0 bridgehead atoms. The molecule has 0 unspecified atom stereocenters. The normalized spacial score (nSPS) is 11.0. The van der Waals surface area contributed by atoms with Crippen molar-refractivity contribution in [2.75, 3.05) is 5.32 Å². The molecule has 0 atom stereocenters. The van der Waals surface area contributed by atoms with E-state index in [1.807, 2.05) is 25.1 Å². The standard InChI is InChI=1S/C20H22N2O3/c1-3-5-6-19(24)21-14-8-9-17(23)15(12-14)20-22-16-11-13(4-2)7-10-18(16)25-20/h7-12,23H,3-6H2,1-2H3,(H,21,24). The van der Waals surface area contributed by atoms with Gasteiger partial charge in [0.2, 0.25) is 11.8 Å². The van der Waals surface area contributed by atoms with Gasteiger partial charge in [0.1, 0.15) is 11.3 Å². The Labute approximate surface area is 146 Å². The molecule has 1 heterocycles. The SMILES string of the molecule is CCCCC(=O)Nc1ccc(O)c(-c2nc3cc(CC)ccc3o2)c1. The summed E-state index contributed by atoms with van der Waals surface area (Å²) in [6.45, 7) is 4.13. The molecule has 1 amide bonds. The van der Waals surface area contributed by atoms with E-state index < -0.39 is 0 Å². The van der Waals surface area contributed by atoms with E-state index in [9.17, 15) is 9.90 Å². The Balaban J connectivity index is 1.91. The molecule has 2 N–H and O–H groups in total. The molecular weight excluding hydrogens is 316 g/mol. The van der Waals surface area contributed by atoms with Gasteiger partial charge in [-0.3, -0.25) is 4.79 Å². The van der Waals surface area contributed by atoms with Crippen LogP contribution in [-0.4, -0.2) is 16.0 Å². The summed E-state index contributed by atoms with van der Waals surface area (Å²) in [7, 11) is 0. The molecule has 5 heteroatoms. The number of oxazole rings is 1. The lowest BCUT2D eigenvalue weighted by molar-refractivity contribution is -0.116. The highest BCUT2D eigenvalue weighted by atomic mass is 16.3. The number of carbonyl (C=O) groups is 1. The number of hydrogen-bond acceptors (Lipinski definition) is 4. The molecule has 0 aliphatic rings. The summed E-state index contributed by atoms with van der Waals surface area (Å²) in [6, 6.07) is 10.8. The Hall–Kier alpha value is -2.82. The molecule has 3 aromatic rings. The molecule has 0 saturated carbocycles. The number of anilines is 1. The maximum Gasteiger partial charge on any atom is 0.231 e. The fourth-order valence-corrected chi connectivity index (χ4v) is 2.65. The highest BCUT2D eigenvalue weighted by molar-refractivity contribution is 5.91. The minimum atomic E-state index is -0.0383. The van der Waals surface area contributed by atoms with Crippen molar-refractivity contribution in [3.8, 4) is 17.2 Å².